The van der Waals surface area contributed by atoms with Crippen molar-refractivity contribution in [3.05, 3.63) is 144 Å². The Kier molecular flexibility index (Phi) is 7.79. The van der Waals surface area contributed by atoms with Gasteiger partial charge >= 0.3 is 0 Å². The summed E-state index contributed by atoms with van der Waals surface area (Å²) in [6, 6.07) is 37.1. The number of nitrogens with zero attached hydrogens (tertiary/aromatic N) is 1. The Bertz CT molecular complexity index is 1820. The lowest BCUT2D eigenvalue weighted by Gasteiger charge is -2.18. The highest BCUT2D eigenvalue weighted by atomic mass is 32.2. The summed E-state index contributed by atoms with van der Waals surface area (Å²) in [5.74, 6) is -0.440. The van der Waals surface area contributed by atoms with E-state index >= 15 is 0 Å². The molecule has 1 atom stereocenters. The van der Waals surface area contributed by atoms with Crippen molar-refractivity contribution in [2.45, 2.75) is 10.1 Å². The Morgan fingerprint density at radius 3 is 2.24 bits per heavy atom. The normalized spacial score (nSPS) is 11.6. The smallest absolute Gasteiger partial charge is 0.255 e. The van der Waals surface area contributed by atoms with Crippen molar-refractivity contribution in [3.63, 3.8) is 0 Å². The number of carbonyl (C=O) groups is 2. The number of para-hydroxylation sites is 2. The summed E-state index contributed by atoms with van der Waals surface area (Å²) in [4.78, 5) is 31.6. The zero-order valence-electron chi connectivity index (χ0n) is 22.2. The molecule has 6 aromatic rings. The summed E-state index contributed by atoms with van der Waals surface area (Å²) >= 11 is 1.37. The maximum absolute atomic E-state index is 13.6. The molecule has 0 aliphatic heterocycles. The molecule has 5 aromatic carbocycles. The average molecular weight is 574 g/mol. The van der Waals surface area contributed by atoms with Gasteiger partial charge in [-0.1, -0.05) is 48.5 Å². The van der Waals surface area contributed by atoms with Crippen molar-refractivity contribution < 1.29 is 18.4 Å². The molecular formula is C34H24FN3O3S. The van der Waals surface area contributed by atoms with E-state index < -0.39 is 11.1 Å². The minimum absolute atomic E-state index is 0.193. The molecule has 0 spiro atoms. The second kappa shape index (κ2) is 12.1. The minimum Gasteiger partial charge on any atom is -0.436 e. The van der Waals surface area contributed by atoms with Gasteiger partial charge in [0.2, 0.25) is 11.8 Å². The van der Waals surface area contributed by atoms with Crippen LogP contribution in [0.2, 0.25) is 0 Å². The zero-order valence-corrected chi connectivity index (χ0v) is 23.0. The number of carbonyl (C=O) groups excluding carboxylic acids is 2. The number of nitrogens with one attached hydrogen (secondary N) is 2. The number of oxazole rings is 1. The molecule has 1 heterocycles. The molecule has 42 heavy (non-hydrogen) atoms. The standard InChI is InChI=1S/C34H24FN3O3S/c35-25-17-13-23(14-18-25)32(39)37-27-9-6-10-28(21-27)42-31(22-7-2-1-3-8-22)33(40)36-26-19-15-24(16-20-26)34-38-29-11-4-5-12-30(29)41-34/h1-21,31H,(H,36,40)(H,37,39). The predicted octanol–water partition coefficient (Wildman–Crippen LogP) is 8.36. The Balaban J connectivity index is 1.18. The van der Waals surface area contributed by atoms with Crippen LogP contribution < -0.4 is 10.6 Å². The van der Waals surface area contributed by atoms with Gasteiger partial charge in [-0.2, -0.15) is 0 Å². The first-order valence-electron chi connectivity index (χ1n) is 13.2. The van der Waals surface area contributed by atoms with Crippen LogP contribution in [-0.2, 0) is 4.79 Å². The summed E-state index contributed by atoms with van der Waals surface area (Å²) in [5.41, 5.74) is 4.69. The van der Waals surface area contributed by atoms with Gasteiger partial charge < -0.3 is 15.1 Å². The molecule has 2 N–H and O–H groups in total. The molecule has 0 aliphatic carbocycles. The number of hydrogen-bond acceptors (Lipinski definition) is 5. The first-order valence-corrected chi connectivity index (χ1v) is 14.1. The number of amides is 2. The van der Waals surface area contributed by atoms with Gasteiger partial charge in [0.15, 0.2) is 5.58 Å². The lowest BCUT2D eigenvalue weighted by Crippen LogP contribution is -2.19. The molecule has 2 amide bonds. The highest BCUT2D eigenvalue weighted by Gasteiger charge is 2.23. The molecule has 206 valence electrons. The van der Waals surface area contributed by atoms with E-state index in [0.29, 0.717) is 28.4 Å². The molecule has 0 radical (unpaired) electrons. The van der Waals surface area contributed by atoms with Crippen molar-refractivity contribution in [1.29, 1.82) is 0 Å². The van der Waals surface area contributed by atoms with Crippen molar-refractivity contribution in [2.75, 3.05) is 10.6 Å². The average Bonchev–Trinajstić information content (AvgIpc) is 3.46. The van der Waals surface area contributed by atoms with E-state index in [1.807, 2.05) is 97.1 Å². The van der Waals surface area contributed by atoms with Gasteiger partial charge in [-0.25, -0.2) is 9.37 Å². The second-order valence-electron chi connectivity index (χ2n) is 9.45. The first kappa shape index (κ1) is 27.0. The maximum Gasteiger partial charge on any atom is 0.255 e. The molecule has 0 aliphatic rings. The molecule has 1 aromatic heterocycles. The zero-order chi connectivity index (χ0) is 28.9. The highest BCUT2D eigenvalue weighted by molar-refractivity contribution is 8.00. The number of aromatic nitrogens is 1. The molecule has 1 unspecified atom stereocenters. The molecule has 0 saturated carbocycles. The van der Waals surface area contributed by atoms with Crippen LogP contribution in [0.25, 0.3) is 22.6 Å². The van der Waals surface area contributed by atoms with Crippen molar-refractivity contribution in [1.82, 2.24) is 4.98 Å². The monoisotopic (exact) mass is 573 g/mol. The van der Waals surface area contributed by atoms with E-state index in [9.17, 15) is 14.0 Å². The van der Waals surface area contributed by atoms with Crippen LogP contribution in [0.1, 0.15) is 21.2 Å². The van der Waals surface area contributed by atoms with Gasteiger partial charge in [0, 0.05) is 27.4 Å². The Morgan fingerprint density at radius 1 is 0.738 bits per heavy atom. The molecule has 8 heteroatoms. The lowest BCUT2D eigenvalue weighted by molar-refractivity contribution is -0.115. The summed E-state index contributed by atoms with van der Waals surface area (Å²) in [6.45, 7) is 0. The highest BCUT2D eigenvalue weighted by Crippen LogP contribution is 2.37. The number of rotatable bonds is 8. The predicted molar refractivity (Wildman–Crippen MR) is 164 cm³/mol. The van der Waals surface area contributed by atoms with Crippen LogP contribution in [0.5, 0.6) is 0 Å². The molecule has 0 saturated heterocycles. The maximum atomic E-state index is 13.6. The Morgan fingerprint density at radius 2 is 1.48 bits per heavy atom. The lowest BCUT2D eigenvalue weighted by atomic mass is 10.1. The van der Waals surface area contributed by atoms with E-state index in [1.165, 1.54) is 36.0 Å². The summed E-state index contributed by atoms with van der Waals surface area (Å²) in [6.07, 6.45) is 0. The molecule has 6 nitrogen and oxygen atoms in total. The van der Waals surface area contributed by atoms with Crippen LogP contribution in [0, 0.1) is 5.82 Å². The van der Waals surface area contributed by atoms with Crippen LogP contribution >= 0.6 is 11.8 Å². The number of benzene rings is 5. The summed E-state index contributed by atoms with van der Waals surface area (Å²) in [7, 11) is 0. The molecule has 0 fully saturated rings. The van der Waals surface area contributed by atoms with Crippen LogP contribution in [0.15, 0.2) is 137 Å². The Labute approximate surface area is 245 Å². The van der Waals surface area contributed by atoms with E-state index in [1.54, 1.807) is 6.07 Å². The van der Waals surface area contributed by atoms with Gasteiger partial charge in [-0.3, -0.25) is 9.59 Å². The van der Waals surface area contributed by atoms with E-state index in [-0.39, 0.29) is 11.8 Å². The molecule has 0 bridgehead atoms. The van der Waals surface area contributed by atoms with Gasteiger partial charge in [0.05, 0.1) is 0 Å². The van der Waals surface area contributed by atoms with Gasteiger partial charge in [-0.15, -0.1) is 11.8 Å². The van der Waals surface area contributed by atoms with Crippen LogP contribution in [0.4, 0.5) is 15.8 Å². The third-order valence-corrected chi connectivity index (χ3v) is 7.73. The fraction of sp³-hybridized carbons (Fsp3) is 0.0294. The van der Waals surface area contributed by atoms with Crippen molar-refractivity contribution in [3.8, 4) is 11.5 Å². The van der Waals surface area contributed by atoms with Crippen molar-refractivity contribution in [2.24, 2.45) is 0 Å². The molecular weight excluding hydrogens is 549 g/mol. The summed E-state index contributed by atoms with van der Waals surface area (Å²) in [5, 5.41) is 5.30. The van der Waals surface area contributed by atoms with E-state index in [0.717, 1.165) is 21.5 Å². The van der Waals surface area contributed by atoms with Crippen molar-refractivity contribution >= 4 is 46.1 Å². The van der Waals surface area contributed by atoms with E-state index in [4.69, 9.17) is 4.42 Å². The quantitative estimate of drug-likeness (QED) is 0.179. The number of halogens is 1. The molecule has 6 rings (SSSR count). The number of anilines is 2. The SMILES string of the molecule is O=C(Nc1cccc(SC(C(=O)Nc2ccc(-c3nc4ccccc4o3)cc2)c2ccccc2)c1)c1ccc(F)cc1. The third-order valence-electron chi connectivity index (χ3n) is 6.49. The van der Waals surface area contributed by atoms with Gasteiger partial charge in [-0.05, 0) is 84.4 Å². The fourth-order valence-electron chi connectivity index (χ4n) is 4.39. The number of fused-ring (bicyclic) bond motifs is 1. The van der Waals surface area contributed by atoms with Gasteiger partial charge in [0.1, 0.15) is 16.6 Å². The fourth-order valence-corrected chi connectivity index (χ4v) is 5.47. The number of thioether (sulfide) groups is 1. The Hall–Kier alpha value is -5.21. The van der Waals surface area contributed by atoms with Crippen LogP contribution in [0.3, 0.4) is 0 Å². The van der Waals surface area contributed by atoms with Crippen LogP contribution in [-0.4, -0.2) is 16.8 Å². The minimum atomic E-state index is -0.564. The topological polar surface area (TPSA) is 84.2 Å². The first-order chi connectivity index (χ1) is 20.5. The summed E-state index contributed by atoms with van der Waals surface area (Å²) < 4.78 is 19.1. The number of hydrogen-bond donors (Lipinski definition) is 2. The van der Waals surface area contributed by atoms with Gasteiger partial charge in [0.25, 0.3) is 5.91 Å². The second-order valence-corrected chi connectivity index (χ2v) is 10.6. The third kappa shape index (κ3) is 6.24. The van der Waals surface area contributed by atoms with E-state index in [2.05, 4.69) is 15.6 Å². The largest absolute Gasteiger partial charge is 0.436 e.